The molecule has 0 aliphatic heterocycles. The summed E-state index contributed by atoms with van der Waals surface area (Å²) in [7, 11) is 0. The van der Waals surface area contributed by atoms with Crippen LogP contribution in [0.5, 0.6) is 0 Å². The zero-order chi connectivity index (χ0) is 44.4. The maximum Gasteiger partial charge on any atom is 0.306 e. The van der Waals surface area contributed by atoms with E-state index in [1.165, 1.54) is 109 Å². The van der Waals surface area contributed by atoms with E-state index in [4.69, 9.17) is 14.2 Å². The lowest BCUT2D eigenvalue weighted by Gasteiger charge is -2.18. The Kier molecular flexibility index (Phi) is 46.5. The molecule has 0 amide bonds. The molecule has 0 bridgehead atoms. The first-order chi connectivity index (χ1) is 30.0. The van der Waals surface area contributed by atoms with Gasteiger partial charge in [-0.05, 0) is 70.6 Å². The Bertz CT molecular complexity index is 1200. The molecule has 0 aromatic rings. The Hall–Kier alpha value is -3.41. The first kappa shape index (κ1) is 57.6. The SMILES string of the molecule is CC/C=C/C/C=C/C/C=C/C/C=C/C/C=C/CCC(=O)OCC(COC(=O)CC/C=C/C/C=C/CCCCCCCC)OC(=O)CCCCCCCCCCCCCCCC. The summed E-state index contributed by atoms with van der Waals surface area (Å²) in [6, 6.07) is 0. The highest BCUT2D eigenvalue weighted by Gasteiger charge is 2.19. The van der Waals surface area contributed by atoms with Crippen LogP contribution in [0, 0.1) is 0 Å². The van der Waals surface area contributed by atoms with Crippen molar-refractivity contribution in [2.24, 2.45) is 0 Å². The summed E-state index contributed by atoms with van der Waals surface area (Å²) in [5.41, 5.74) is 0. The third kappa shape index (κ3) is 47.5. The maximum absolute atomic E-state index is 12.8. The summed E-state index contributed by atoms with van der Waals surface area (Å²) in [6.45, 7) is 6.39. The number of esters is 3. The standard InChI is InChI=1S/C55H92O6/c1-4-7-10-13-16-19-22-25-27-28-31-33-36-39-42-45-48-54(57)60-51-52(50-59-53(56)47-44-41-38-35-32-29-24-21-18-15-12-9-6-3)61-55(58)49-46-43-40-37-34-30-26-23-20-17-14-11-8-5-2/h7,10,16,19,25,27,29,31-33,38-39,41-42,52H,4-6,8-9,11-15,17-18,20-24,26,28,30,34-37,40,43-51H2,1-3H3/b10-7+,19-16+,27-25+,32-29+,33-31+,41-38+,42-39+. The number of hydrogen-bond donors (Lipinski definition) is 0. The van der Waals surface area contributed by atoms with Crippen LogP contribution >= 0.6 is 0 Å². The molecular formula is C55H92O6. The van der Waals surface area contributed by atoms with E-state index in [1.807, 2.05) is 18.2 Å². The Morgan fingerprint density at radius 3 is 1.07 bits per heavy atom. The van der Waals surface area contributed by atoms with Crippen LogP contribution in [0.3, 0.4) is 0 Å². The topological polar surface area (TPSA) is 78.9 Å². The number of rotatable bonds is 44. The van der Waals surface area contributed by atoms with Gasteiger partial charge in [-0.1, -0.05) is 221 Å². The monoisotopic (exact) mass is 849 g/mol. The molecule has 0 fully saturated rings. The Balaban J connectivity index is 4.55. The highest BCUT2D eigenvalue weighted by atomic mass is 16.6. The van der Waals surface area contributed by atoms with Crippen molar-refractivity contribution in [3.63, 3.8) is 0 Å². The van der Waals surface area contributed by atoms with Crippen molar-refractivity contribution >= 4 is 17.9 Å². The van der Waals surface area contributed by atoms with Gasteiger partial charge in [-0.15, -0.1) is 0 Å². The largest absolute Gasteiger partial charge is 0.462 e. The molecular weight excluding hydrogens is 757 g/mol. The molecule has 0 spiro atoms. The molecule has 61 heavy (non-hydrogen) atoms. The van der Waals surface area contributed by atoms with Crippen LogP contribution < -0.4 is 0 Å². The number of ether oxygens (including phenoxy) is 3. The molecule has 0 aliphatic rings. The first-order valence-corrected chi connectivity index (χ1v) is 25.1. The number of allylic oxidation sites excluding steroid dienone is 14. The molecule has 6 heteroatoms. The Morgan fingerprint density at radius 2 is 0.672 bits per heavy atom. The van der Waals surface area contributed by atoms with E-state index in [2.05, 4.69) is 87.6 Å². The van der Waals surface area contributed by atoms with Gasteiger partial charge in [-0.3, -0.25) is 14.4 Å². The molecule has 0 heterocycles. The number of hydrogen-bond acceptors (Lipinski definition) is 6. The van der Waals surface area contributed by atoms with Crippen LogP contribution in [0.4, 0.5) is 0 Å². The lowest BCUT2D eigenvalue weighted by atomic mass is 10.0. The van der Waals surface area contributed by atoms with Gasteiger partial charge in [0.1, 0.15) is 13.2 Å². The number of unbranched alkanes of at least 4 members (excludes halogenated alkanes) is 19. The van der Waals surface area contributed by atoms with Gasteiger partial charge in [0.15, 0.2) is 6.10 Å². The van der Waals surface area contributed by atoms with Crippen molar-refractivity contribution in [2.45, 2.75) is 232 Å². The van der Waals surface area contributed by atoms with Gasteiger partial charge < -0.3 is 14.2 Å². The summed E-state index contributed by atoms with van der Waals surface area (Å²) in [5.74, 6) is -1.07. The van der Waals surface area contributed by atoms with Crippen LogP contribution in [0.2, 0.25) is 0 Å². The molecule has 0 aliphatic carbocycles. The highest BCUT2D eigenvalue weighted by Crippen LogP contribution is 2.14. The minimum Gasteiger partial charge on any atom is -0.462 e. The second-order valence-corrected chi connectivity index (χ2v) is 16.3. The van der Waals surface area contributed by atoms with E-state index < -0.39 is 6.10 Å². The van der Waals surface area contributed by atoms with Crippen LogP contribution in [-0.4, -0.2) is 37.2 Å². The molecule has 348 valence electrons. The normalized spacial score (nSPS) is 12.8. The van der Waals surface area contributed by atoms with Crippen molar-refractivity contribution in [2.75, 3.05) is 13.2 Å². The third-order valence-electron chi connectivity index (χ3n) is 10.4. The van der Waals surface area contributed by atoms with Crippen molar-refractivity contribution in [3.8, 4) is 0 Å². The van der Waals surface area contributed by atoms with Crippen molar-refractivity contribution in [1.82, 2.24) is 0 Å². The minimum atomic E-state index is -0.826. The molecule has 0 aromatic heterocycles. The van der Waals surface area contributed by atoms with Gasteiger partial charge in [0.2, 0.25) is 0 Å². The molecule has 0 radical (unpaired) electrons. The van der Waals surface area contributed by atoms with Crippen molar-refractivity contribution in [3.05, 3.63) is 85.1 Å². The van der Waals surface area contributed by atoms with Crippen molar-refractivity contribution in [1.29, 1.82) is 0 Å². The summed E-state index contributed by atoms with van der Waals surface area (Å²) >= 11 is 0. The van der Waals surface area contributed by atoms with Crippen LogP contribution in [0.15, 0.2) is 85.1 Å². The molecule has 0 aromatic carbocycles. The summed E-state index contributed by atoms with van der Waals surface area (Å²) < 4.78 is 16.6. The zero-order valence-electron chi connectivity index (χ0n) is 39.7. The van der Waals surface area contributed by atoms with Gasteiger partial charge in [0.05, 0.1) is 0 Å². The Labute approximate surface area is 375 Å². The second-order valence-electron chi connectivity index (χ2n) is 16.3. The zero-order valence-corrected chi connectivity index (χ0v) is 39.7. The number of carbonyl (C=O) groups excluding carboxylic acids is 3. The average Bonchev–Trinajstić information content (AvgIpc) is 3.26. The van der Waals surface area contributed by atoms with E-state index in [0.29, 0.717) is 19.3 Å². The highest BCUT2D eigenvalue weighted by molar-refractivity contribution is 5.71. The van der Waals surface area contributed by atoms with E-state index in [-0.39, 0.29) is 44.0 Å². The van der Waals surface area contributed by atoms with Crippen LogP contribution in [0.1, 0.15) is 226 Å². The molecule has 0 rings (SSSR count). The lowest BCUT2D eigenvalue weighted by molar-refractivity contribution is -0.166. The van der Waals surface area contributed by atoms with E-state index in [1.54, 1.807) is 0 Å². The molecule has 0 saturated heterocycles. The summed E-state index contributed by atoms with van der Waals surface area (Å²) in [5, 5.41) is 0. The first-order valence-electron chi connectivity index (χ1n) is 25.1. The quantitative estimate of drug-likeness (QED) is 0.0263. The predicted octanol–water partition coefficient (Wildman–Crippen LogP) is 16.4. The summed E-state index contributed by atoms with van der Waals surface area (Å²) in [6.07, 6.45) is 63.0. The fourth-order valence-electron chi connectivity index (χ4n) is 6.66. The smallest absolute Gasteiger partial charge is 0.306 e. The van der Waals surface area contributed by atoms with E-state index >= 15 is 0 Å². The van der Waals surface area contributed by atoms with Crippen LogP contribution in [0.25, 0.3) is 0 Å². The Morgan fingerprint density at radius 1 is 0.344 bits per heavy atom. The molecule has 0 saturated carbocycles. The predicted molar refractivity (Wildman–Crippen MR) is 261 cm³/mol. The number of carbonyl (C=O) groups is 3. The summed E-state index contributed by atoms with van der Waals surface area (Å²) in [4.78, 5) is 37.8. The van der Waals surface area contributed by atoms with Gasteiger partial charge >= 0.3 is 17.9 Å². The minimum absolute atomic E-state index is 0.129. The van der Waals surface area contributed by atoms with Gasteiger partial charge in [0, 0.05) is 19.3 Å². The molecule has 0 N–H and O–H groups in total. The lowest BCUT2D eigenvalue weighted by Crippen LogP contribution is -2.30. The molecule has 6 nitrogen and oxygen atoms in total. The van der Waals surface area contributed by atoms with E-state index in [0.717, 1.165) is 64.2 Å². The molecule has 1 atom stereocenters. The van der Waals surface area contributed by atoms with Gasteiger partial charge in [-0.2, -0.15) is 0 Å². The maximum atomic E-state index is 12.8. The van der Waals surface area contributed by atoms with E-state index in [9.17, 15) is 14.4 Å². The average molecular weight is 849 g/mol. The second kappa shape index (κ2) is 49.2. The van der Waals surface area contributed by atoms with Gasteiger partial charge in [-0.25, -0.2) is 0 Å². The third-order valence-corrected chi connectivity index (χ3v) is 10.4. The fraction of sp³-hybridized carbons (Fsp3) is 0.691. The van der Waals surface area contributed by atoms with Gasteiger partial charge in [0.25, 0.3) is 0 Å². The van der Waals surface area contributed by atoms with Crippen molar-refractivity contribution < 1.29 is 28.6 Å². The molecule has 1 unspecified atom stereocenters. The van der Waals surface area contributed by atoms with Crippen LogP contribution in [-0.2, 0) is 28.6 Å². The fourth-order valence-corrected chi connectivity index (χ4v) is 6.66.